The second kappa shape index (κ2) is 10.7. The van der Waals surface area contributed by atoms with E-state index in [2.05, 4.69) is 26.1 Å². The summed E-state index contributed by atoms with van der Waals surface area (Å²) in [5.41, 5.74) is 0. The Morgan fingerprint density at radius 1 is 1.27 bits per heavy atom. The molecule has 0 bridgehead atoms. The molecular weight excluding hydrogens is 210 g/mol. The number of halogens is 1. The van der Waals surface area contributed by atoms with E-state index >= 15 is 0 Å². The van der Waals surface area contributed by atoms with Gasteiger partial charge in [0, 0.05) is 25.1 Å². The first-order valence-electron chi connectivity index (χ1n) is 6.09. The average molecular weight is 236 g/mol. The Morgan fingerprint density at radius 3 is 2.60 bits per heavy atom. The molecule has 0 radical (unpaired) electrons. The zero-order valence-electron chi connectivity index (χ0n) is 10.4. The van der Waals surface area contributed by atoms with Gasteiger partial charge < -0.3 is 10.1 Å². The molecule has 0 aromatic rings. The highest BCUT2D eigenvalue weighted by Crippen LogP contribution is 2.09. The summed E-state index contributed by atoms with van der Waals surface area (Å²) >= 11 is 6.14. The number of hydrogen-bond donors (Lipinski definition) is 1. The summed E-state index contributed by atoms with van der Waals surface area (Å²) in [6.07, 6.45) is 3.43. The first kappa shape index (κ1) is 15.2. The summed E-state index contributed by atoms with van der Waals surface area (Å²) in [6, 6.07) is 0. The van der Waals surface area contributed by atoms with Gasteiger partial charge in [-0.15, -0.1) is 11.6 Å². The summed E-state index contributed by atoms with van der Waals surface area (Å²) in [7, 11) is 0. The summed E-state index contributed by atoms with van der Waals surface area (Å²) in [5.74, 6) is 0.676. The van der Waals surface area contributed by atoms with Crippen LogP contribution >= 0.6 is 11.6 Å². The van der Waals surface area contributed by atoms with Gasteiger partial charge >= 0.3 is 0 Å². The molecule has 1 atom stereocenters. The molecule has 1 N–H and O–H groups in total. The molecule has 0 fully saturated rings. The van der Waals surface area contributed by atoms with Gasteiger partial charge in [-0.1, -0.05) is 27.2 Å². The fourth-order valence-corrected chi connectivity index (χ4v) is 1.81. The van der Waals surface area contributed by atoms with Crippen LogP contribution in [0.2, 0.25) is 0 Å². The van der Waals surface area contributed by atoms with Gasteiger partial charge in [0.15, 0.2) is 0 Å². The van der Waals surface area contributed by atoms with Crippen molar-refractivity contribution in [3.63, 3.8) is 0 Å². The van der Waals surface area contributed by atoms with Crippen molar-refractivity contribution in [2.75, 3.05) is 26.3 Å². The fraction of sp³-hybridized carbons (Fsp3) is 1.00. The minimum absolute atomic E-state index is 0.251. The predicted molar refractivity (Wildman–Crippen MR) is 67.7 cm³/mol. The van der Waals surface area contributed by atoms with Gasteiger partial charge in [0.1, 0.15) is 0 Å². The molecule has 15 heavy (non-hydrogen) atoms. The number of ether oxygens (including phenoxy) is 1. The van der Waals surface area contributed by atoms with Crippen molar-refractivity contribution >= 4 is 11.6 Å². The van der Waals surface area contributed by atoms with Crippen molar-refractivity contribution < 1.29 is 4.74 Å². The van der Waals surface area contributed by atoms with Gasteiger partial charge in [0.2, 0.25) is 0 Å². The standard InChI is InChI=1S/C12H26ClNO/c1-4-5-7-15-8-6-14-10-12(13)9-11(2)3/h11-12,14H,4-10H2,1-3H3. The Morgan fingerprint density at radius 2 is 2.00 bits per heavy atom. The van der Waals surface area contributed by atoms with Crippen molar-refractivity contribution in [2.24, 2.45) is 5.92 Å². The smallest absolute Gasteiger partial charge is 0.0590 e. The number of nitrogens with one attached hydrogen (secondary N) is 1. The van der Waals surface area contributed by atoms with Crippen LogP contribution in [-0.4, -0.2) is 31.7 Å². The SMILES string of the molecule is CCCCOCCNCC(Cl)CC(C)C. The van der Waals surface area contributed by atoms with Crippen LogP contribution in [0.3, 0.4) is 0 Å². The molecule has 0 amide bonds. The van der Waals surface area contributed by atoms with E-state index in [-0.39, 0.29) is 5.38 Å². The highest BCUT2D eigenvalue weighted by molar-refractivity contribution is 6.20. The maximum atomic E-state index is 6.14. The van der Waals surface area contributed by atoms with Crippen LogP contribution in [0.4, 0.5) is 0 Å². The van der Waals surface area contributed by atoms with Crippen molar-refractivity contribution in [1.82, 2.24) is 5.32 Å². The number of alkyl halides is 1. The molecule has 0 heterocycles. The average Bonchev–Trinajstić information content (AvgIpc) is 2.15. The minimum atomic E-state index is 0.251. The Hall–Kier alpha value is 0.210. The molecule has 0 aromatic heterocycles. The number of hydrogen-bond acceptors (Lipinski definition) is 2. The van der Waals surface area contributed by atoms with Gasteiger partial charge in [0.25, 0.3) is 0 Å². The third kappa shape index (κ3) is 12.1. The molecule has 0 saturated heterocycles. The topological polar surface area (TPSA) is 21.3 Å². The lowest BCUT2D eigenvalue weighted by molar-refractivity contribution is 0.133. The largest absolute Gasteiger partial charge is 0.380 e. The van der Waals surface area contributed by atoms with Crippen molar-refractivity contribution in [3.8, 4) is 0 Å². The molecule has 92 valence electrons. The highest BCUT2D eigenvalue weighted by atomic mass is 35.5. The molecule has 0 rings (SSSR count). The zero-order valence-corrected chi connectivity index (χ0v) is 11.1. The summed E-state index contributed by atoms with van der Waals surface area (Å²) in [4.78, 5) is 0. The van der Waals surface area contributed by atoms with E-state index in [9.17, 15) is 0 Å². The van der Waals surface area contributed by atoms with E-state index in [0.29, 0.717) is 5.92 Å². The maximum Gasteiger partial charge on any atom is 0.0590 e. The molecule has 0 aliphatic heterocycles. The molecular formula is C12H26ClNO. The third-order valence-electron chi connectivity index (χ3n) is 2.16. The van der Waals surface area contributed by atoms with Crippen LogP contribution in [0, 0.1) is 5.92 Å². The normalized spacial score (nSPS) is 13.4. The molecule has 2 nitrogen and oxygen atoms in total. The van der Waals surface area contributed by atoms with Gasteiger partial charge in [-0.3, -0.25) is 0 Å². The Kier molecular flexibility index (Phi) is 10.9. The lowest BCUT2D eigenvalue weighted by Crippen LogP contribution is -2.27. The van der Waals surface area contributed by atoms with Gasteiger partial charge in [0.05, 0.1) is 6.61 Å². The first-order valence-corrected chi connectivity index (χ1v) is 6.53. The number of unbranched alkanes of at least 4 members (excludes halogenated alkanes) is 1. The van der Waals surface area contributed by atoms with Crippen LogP contribution in [0.25, 0.3) is 0 Å². The lowest BCUT2D eigenvalue weighted by atomic mass is 10.1. The summed E-state index contributed by atoms with van der Waals surface area (Å²) < 4.78 is 5.43. The van der Waals surface area contributed by atoms with Gasteiger partial charge in [-0.25, -0.2) is 0 Å². The van der Waals surface area contributed by atoms with E-state index in [1.807, 2.05) is 0 Å². The van der Waals surface area contributed by atoms with E-state index < -0.39 is 0 Å². The Balaban J connectivity index is 3.09. The predicted octanol–water partition coefficient (Wildman–Crippen LogP) is 3.05. The summed E-state index contributed by atoms with van der Waals surface area (Å²) in [6.45, 7) is 10.0. The van der Waals surface area contributed by atoms with Gasteiger partial charge in [-0.05, 0) is 18.8 Å². The quantitative estimate of drug-likeness (QED) is 0.464. The van der Waals surface area contributed by atoms with Crippen LogP contribution < -0.4 is 5.32 Å². The molecule has 1 unspecified atom stereocenters. The molecule has 0 aromatic carbocycles. The number of rotatable bonds is 10. The van der Waals surface area contributed by atoms with Crippen LogP contribution in [-0.2, 0) is 4.74 Å². The summed E-state index contributed by atoms with van der Waals surface area (Å²) in [5, 5.41) is 3.56. The monoisotopic (exact) mass is 235 g/mol. The molecule has 0 spiro atoms. The first-order chi connectivity index (χ1) is 7.16. The maximum absolute atomic E-state index is 6.14. The third-order valence-corrected chi connectivity index (χ3v) is 2.49. The molecule has 3 heteroatoms. The molecule has 0 aliphatic carbocycles. The fourth-order valence-electron chi connectivity index (χ4n) is 1.35. The van der Waals surface area contributed by atoms with E-state index in [0.717, 1.165) is 39.1 Å². The Labute approximate surface area is 99.7 Å². The molecule has 0 aliphatic rings. The van der Waals surface area contributed by atoms with Crippen LogP contribution in [0.15, 0.2) is 0 Å². The van der Waals surface area contributed by atoms with E-state index in [4.69, 9.17) is 16.3 Å². The second-order valence-electron chi connectivity index (χ2n) is 4.40. The lowest BCUT2D eigenvalue weighted by Gasteiger charge is -2.12. The second-order valence-corrected chi connectivity index (χ2v) is 5.01. The van der Waals surface area contributed by atoms with Crippen molar-refractivity contribution in [3.05, 3.63) is 0 Å². The van der Waals surface area contributed by atoms with Crippen LogP contribution in [0.5, 0.6) is 0 Å². The zero-order chi connectivity index (χ0) is 11.5. The van der Waals surface area contributed by atoms with E-state index in [1.54, 1.807) is 0 Å². The van der Waals surface area contributed by atoms with E-state index in [1.165, 1.54) is 6.42 Å². The van der Waals surface area contributed by atoms with Crippen molar-refractivity contribution in [1.29, 1.82) is 0 Å². The minimum Gasteiger partial charge on any atom is -0.380 e. The van der Waals surface area contributed by atoms with Crippen LogP contribution in [0.1, 0.15) is 40.0 Å². The van der Waals surface area contributed by atoms with Crippen molar-refractivity contribution in [2.45, 2.75) is 45.4 Å². The molecule has 0 saturated carbocycles. The highest BCUT2D eigenvalue weighted by Gasteiger charge is 2.05. The Bertz CT molecular complexity index is 131. The van der Waals surface area contributed by atoms with Gasteiger partial charge in [-0.2, -0.15) is 0 Å².